The number of hydrogen-bond acceptors (Lipinski definition) is 5. The van der Waals surface area contributed by atoms with E-state index in [0.29, 0.717) is 0 Å². The predicted octanol–water partition coefficient (Wildman–Crippen LogP) is 11.5. The van der Waals surface area contributed by atoms with Crippen LogP contribution >= 0.6 is 0 Å². The fourth-order valence-electron chi connectivity index (χ4n) is 7.83. The van der Waals surface area contributed by atoms with Gasteiger partial charge in [0.2, 0.25) is 0 Å². The van der Waals surface area contributed by atoms with Crippen LogP contribution in [0.25, 0.3) is 38.3 Å². The Labute approximate surface area is 302 Å². The molecule has 2 aromatic heterocycles. The van der Waals surface area contributed by atoms with Crippen molar-refractivity contribution in [3.8, 4) is 5.69 Å². The number of aromatic nitrogens is 3. The van der Waals surface area contributed by atoms with Crippen LogP contribution in [-0.4, -0.2) is 27.6 Å². The average molecular weight is 671 g/mol. The lowest BCUT2D eigenvalue weighted by Crippen LogP contribution is -2.37. The molecule has 6 heteroatoms. The maximum atomic E-state index is 4.86. The van der Waals surface area contributed by atoms with Crippen molar-refractivity contribution in [2.75, 3.05) is 27.8 Å². The van der Waals surface area contributed by atoms with Gasteiger partial charge in [-0.15, -0.1) is 0 Å². The Hall–Kier alpha value is -6.92. The van der Waals surface area contributed by atoms with Crippen LogP contribution in [0.3, 0.4) is 0 Å². The number of nitrogens with zero attached hydrogens (tertiary/aromatic N) is 6. The molecule has 0 amide bonds. The van der Waals surface area contributed by atoms with Crippen LogP contribution in [0.15, 0.2) is 182 Å². The zero-order chi connectivity index (χ0) is 34.4. The van der Waals surface area contributed by atoms with Crippen molar-refractivity contribution in [3.05, 3.63) is 182 Å². The molecule has 248 valence electrons. The van der Waals surface area contributed by atoms with Crippen LogP contribution in [0, 0.1) is 0 Å². The molecule has 9 aromatic rings. The first kappa shape index (κ1) is 29.9. The molecule has 0 N–H and O–H groups in total. The van der Waals surface area contributed by atoms with Gasteiger partial charge >= 0.3 is 0 Å². The summed E-state index contributed by atoms with van der Waals surface area (Å²) < 4.78 is 2.35. The lowest BCUT2D eigenvalue weighted by Gasteiger charge is -2.37. The van der Waals surface area contributed by atoms with Gasteiger partial charge in [0, 0.05) is 57.7 Å². The third kappa shape index (κ3) is 4.95. The zero-order valence-corrected chi connectivity index (χ0v) is 28.4. The third-order valence-electron chi connectivity index (χ3n) is 10.2. The fraction of sp³-hybridized carbons (Fsp3) is 0.0435. The number of rotatable bonds is 6. The SMILES string of the molecule is c1ccc(N(c2ccc(N3CCN(c4ccc5c(c4)c4ccccc4n5-c4ccccc4)c4ncncc43)cc2)c2cccc3ccccc23)cc1. The first-order chi connectivity index (χ1) is 25.8. The van der Waals surface area contributed by atoms with Gasteiger partial charge < -0.3 is 19.3 Å². The summed E-state index contributed by atoms with van der Waals surface area (Å²) in [5, 5.41) is 4.88. The van der Waals surface area contributed by atoms with Crippen LogP contribution in [0.1, 0.15) is 0 Å². The molecule has 0 fully saturated rings. The Balaban J connectivity index is 1.02. The molecule has 1 aliphatic heterocycles. The Morgan fingerprint density at radius 1 is 0.481 bits per heavy atom. The summed E-state index contributed by atoms with van der Waals surface area (Å²) in [7, 11) is 0. The van der Waals surface area contributed by atoms with Crippen molar-refractivity contribution < 1.29 is 0 Å². The summed E-state index contributed by atoms with van der Waals surface area (Å²) >= 11 is 0. The number of hydrogen-bond donors (Lipinski definition) is 0. The first-order valence-electron chi connectivity index (χ1n) is 17.7. The minimum Gasteiger partial charge on any atom is -0.335 e. The zero-order valence-electron chi connectivity index (χ0n) is 28.4. The monoisotopic (exact) mass is 670 g/mol. The van der Waals surface area contributed by atoms with Crippen LogP contribution in [0.4, 0.5) is 39.9 Å². The minimum absolute atomic E-state index is 0.779. The van der Waals surface area contributed by atoms with Crippen molar-refractivity contribution in [3.63, 3.8) is 0 Å². The first-order valence-corrected chi connectivity index (χ1v) is 17.7. The molecule has 0 bridgehead atoms. The molecule has 7 aromatic carbocycles. The number of benzene rings is 7. The third-order valence-corrected chi connectivity index (χ3v) is 10.2. The van der Waals surface area contributed by atoms with E-state index in [4.69, 9.17) is 4.98 Å². The van der Waals surface area contributed by atoms with E-state index in [1.807, 2.05) is 6.20 Å². The van der Waals surface area contributed by atoms with E-state index in [9.17, 15) is 0 Å². The van der Waals surface area contributed by atoms with Gasteiger partial charge in [0.15, 0.2) is 5.82 Å². The smallest absolute Gasteiger partial charge is 0.160 e. The van der Waals surface area contributed by atoms with Gasteiger partial charge in [-0.25, -0.2) is 9.97 Å². The van der Waals surface area contributed by atoms with E-state index in [1.165, 1.54) is 32.6 Å². The lowest BCUT2D eigenvalue weighted by atomic mass is 10.1. The van der Waals surface area contributed by atoms with E-state index < -0.39 is 0 Å². The Morgan fingerprint density at radius 2 is 1.13 bits per heavy atom. The highest BCUT2D eigenvalue weighted by Crippen LogP contribution is 2.43. The predicted molar refractivity (Wildman–Crippen MR) is 215 cm³/mol. The summed E-state index contributed by atoms with van der Waals surface area (Å²) in [5.41, 5.74) is 10.1. The summed E-state index contributed by atoms with van der Waals surface area (Å²) in [4.78, 5) is 16.4. The molecule has 52 heavy (non-hydrogen) atoms. The maximum absolute atomic E-state index is 4.86. The molecular formula is C46H34N6. The second kappa shape index (κ2) is 12.4. The Bertz CT molecular complexity index is 2700. The Kier molecular flexibility index (Phi) is 7.17. The van der Waals surface area contributed by atoms with E-state index in [1.54, 1.807) is 6.33 Å². The van der Waals surface area contributed by atoms with Crippen molar-refractivity contribution in [2.24, 2.45) is 0 Å². The van der Waals surface area contributed by atoms with E-state index in [2.05, 4.69) is 194 Å². The quantitative estimate of drug-likeness (QED) is 0.176. The van der Waals surface area contributed by atoms with Gasteiger partial charge in [0.05, 0.1) is 22.9 Å². The highest BCUT2D eigenvalue weighted by atomic mass is 15.3. The molecule has 0 atom stereocenters. The molecule has 0 radical (unpaired) electrons. The molecule has 0 spiro atoms. The van der Waals surface area contributed by atoms with Crippen molar-refractivity contribution >= 4 is 72.5 Å². The molecule has 0 saturated carbocycles. The molecule has 10 rings (SSSR count). The highest BCUT2D eigenvalue weighted by Gasteiger charge is 2.27. The van der Waals surface area contributed by atoms with Gasteiger partial charge in [0.1, 0.15) is 12.0 Å². The van der Waals surface area contributed by atoms with Crippen molar-refractivity contribution in [2.45, 2.75) is 0 Å². The van der Waals surface area contributed by atoms with Gasteiger partial charge in [-0.1, -0.05) is 91.0 Å². The lowest BCUT2D eigenvalue weighted by molar-refractivity contribution is 0.826. The summed E-state index contributed by atoms with van der Waals surface area (Å²) in [6, 6.07) is 60.6. The summed E-state index contributed by atoms with van der Waals surface area (Å²) in [6.45, 7) is 1.57. The largest absolute Gasteiger partial charge is 0.335 e. The van der Waals surface area contributed by atoms with Crippen LogP contribution in [-0.2, 0) is 0 Å². The number of fused-ring (bicyclic) bond motifs is 5. The molecule has 0 saturated heterocycles. The Morgan fingerprint density at radius 3 is 1.98 bits per heavy atom. The van der Waals surface area contributed by atoms with Crippen molar-refractivity contribution in [1.29, 1.82) is 0 Å². The standard InChI is InChI=1S/C46H34N6/c1-3-14-35(15-4-1)51(42-21-11-13-33-12-7-8-18-39(33)42)37-24-22-34(23-25-37)49-28-29-50(46-45(49)31-47-32-48-46)38-26-27-44-41(30-38)40-19-9-10-20-43(40)52(44)36-16-5-2-6-17-36/h1-27,30-32H,28-29H2. The molecule has 3 heterocycles. The van der Waals surface area contributed by atoms with E-state index >= 15 is 0 Å². The second-order valence-electron chi connectivity index (χ2n) is 13.1. The van der Waals surface area contributed by atoms with Gasteiger partial charge in [-0.05, 0) is 84.2 Å². The maximum Gasteiger partial charge on any atom is 0.160 e. The molecule has 0 unspecified atom stereocenters. The molecule has 1 aliphatic rings. The minimum atomic E-state index is 0.779. The van der Waals surface area contributed by atoms with E-state index in [0.717, 1.165) is 58.7 Å². The number of para-hydroxylation sites is 3. The normalized spacial score (nSPS) is 12.8. The summed E-state index contributed by atoms with van der Waals surface area (Å²) in [5.74, 6) is 0.901. The molecular weight excluding hydrogens is 637 g/mol. The van der Waals surface area contributed by atoms with Gasteiger partial charge in [-0.3, -0.25) is 0 Å². The highest BCUT2D eigenvalue weighted by molar-refractivity contribution is 6.10. The van der Waals surface area contributed by atoms with Gasteiger partial charge in [0.25, 0.3) is 0 Å². The average Bonchev–Trinajstić information content (AvgIpc) is 3.55. The second-order valence-corrected chi connectivity index (χ2v) is 13.1. The topological polar surface area (TPSA) is 40.4 Å². The number of anilines is 7. The van der Waals surface area contributed by atoms with E-state index in [-0.39, 0.29) is 0 Å². The van der Waals surface area contributed by atoms with Crippen LogP contribution in [0.2, 0.25) is 0 Å². The van der Waals surface area contributed by atoms with Gasteiger partial charge in [-0.2, -0.15) is 0 Å². The van der Waals surface area contributed by atoms with Crippen molar-refractivity contribution in [1.82, 2.24) is 14.5 Å². The molecule has 6 nitrogen and oxygen atoms in total. The molecule has 0 aliphatic carbocycles. The van der Waals surface area contributed by atoms with Crippen LogP contribution < -0.4 is 14.7 Å². The summed E-state index contributed by atoms with van der Waals surface area (Å²) in [6.07, 6.45) is 3.59. The fourth-order valence-corrected chi connectivity index (χ4v) is 7.83. The van der Waals surface area contributed by atoms with Crippen LogP contribution in [0.5, 0.6) is 0 Å².